The number of nitrogens with zero attached hydrogens (tertiary/aromatic N) is 1. The number of benzene rings is 2. The lowest BCUT2D eigenvalue weighted by atomic mass is 10.1. The number of guanidine groups is 1. The lowest BCUT2D eigenvalue weighted by Gasteiger charge is -2.14. The van der Waals surface area contributed by atoms with Gasteiger partial charge in [-0.15, -0.1) is 13.2 Å². The van der Waals surface area contributed by atoms with Gasteiger partial charge in [0.1, 0.15) is 5.75 Å². The first kappa shape index (κ1) is 18.4. The van der Waals surface area contributed by atoms with E-state index in [1.807, 2.05) is 25.1 Å². The third-order valence-electron chi connectivity index (χ3n) is 3.15. The average Bonchev–Trinajstić information content (AvgIpc) is 2.53. The lowest BCUT2D eigenvalue weighted by molar-refractivity contribution is -0.274. The number of methoxy groups -OCH3 is 1. The number of hydrogen-bond acceptors (Lipinski definition) is 3. The normalized spacial score (nSPS) is 12.0. The van der Waals surface area contributed by atoms with E-state index in [-0.39, 0.29) is 23.9 Å². The van der Waals surface area contributed by atoms with Gasteiger partial charge in [-0.25, -0.2) is 4.99 Å². The van der Waals surface area contributed by atoms with Crippen LogP contribution in [0, 0.1) is 6.92 Å². The van der Waals surface area contributed by atoms with E-state index in [4.69, 9.17) is 10.5 Å². The fraction of sp³-hybridized carbons (Fsp3) is 0.235. The molecule has 25 heavy (non-hydrogen) atoms. The van der Waals surface area contributed by atoms with Crippen LogP contribution in [0.2, 0.25) is 0 Å². The molecule has 0 radical (unpaired) electrons. The predicted octanol–water partition coefficient (Wildman–Crippen LogP) is 3.83. The smallest absolute Gasteiger partial charge is 0.497 e. The second-order valence-electron chi connectivity index (χ2n) is 5.23. The summed E-state index contributed by atoms with van der Waals surface area (Å²) in [5.41, 5.74) is 7.70. The molecule has 0 amide bonds. The van der Waals surface area contributed by atoms with Crippen molar-refractivity contribution in [3.8, 4) is 11.5 Å². The minimum atomic E-state index is -4.79. The van der Waals surface area contributed by atoms with E-state index < -0.39 is 6.36 Å². The second kappa shape index (κ2) is 7.78. The minimum Gasteiger partial charge on any atom is -0.497 e. The molecule has 0 fully saturated rings. The Bertz CT molecular complexity index is 761. The van der Waals surface area contributed by atoms with Crippen LogP contribution in [0.15, 0.2) is 47.5 Å². The van der Waals surface area contributed by atoms with Gasteiger partial charge in [-0.3, -0.25) is 0 Å². The molecule has 0 aromatic heterocycles. The first-order valence-corrected chi connectivity index (χ1v) is 7.33. The van der Waals surface area contributed by atoms with Crippen LogP contribution in [0.25, 0.3) is 0 Å². The summed E-state index contributed by atoms with van der Waals surface area (Å²) in [6, 6.07) is 11.2. The number of para-hydroxylation sites is 2. The van der Waals surface area contributed by atoms with Crippen molar-refractivity contribution in [3.63, 3.8) is 0 Å². The third kappa shape index (κ3) is 5.91. The molecule has 0 saturated heterocycles. The largest absolute Gasteiger partial charge is 0.573 e. The van der Waals surface area contributed by atoms with E-state index >= 15 is 0 Å². The number of aryl methyl sites for hydroxylation is 1. The minimum absolute atomic E-state index is 0.0290. The molecule has 0 aliphatic heterocycles. The maximum atomic E-state index is 12.4. The molecule has 0 atom stereocenters. The third-order valence-corrected chi connectivity index (χ3v) is 3.15. The number of ether oxygens (including phenoxy) is 2. The van der Waals surface area contributed by atoms with Gasteiger partial charge < -0.3 is 20.5 Å². The molecule has 0 heterocycles. The standard InChI is InChI=1S/C17H18F3N3O2/c1-11-7-12(9-13(8-11)24-2)10-22-16(21)23-14-5-3-4-6-15(14)25-17(18,19)20/h3-9H,10H2,1-2H3,(H3,21,22,23). The topological polar surface area (TPSA) is 68.9 Å². The Kier molecular flexibility index (Phi) is 5.74. The maximum Gasteiger partial charge on any atom is 0.573 e. The fourth-order valence-electron chi connectivity index (χ4n) is 2.17. The van der Waals surface area contributed by atoms with Gasteiger partial charge in [-0.05, 0) is 42.3 Å². The predicted molar refractivity (Wildman–Crippen MR) is 89.8 cm³/mol. The molecule has 0 aliphatic carbocycles. The van der Waals surface area contributed by atoms with Crippen LogP contribution in [0.5, 0.6) is 11.5 Å². The first-order chi connectivity index (χ1) is 11.8. The van der Waals surface area contributed by atoms with Crippen molar-refractivity contribution in [2.75, 3.05) is 12.4 Å². The van der Waals surface area contributed by atoms with Gasteiger partial charge in [0.05, 0.1) is 19.3 Å². The lowest BCUT2D eigenvalue weighted by Crippen LogP contribution is -2.24. The molecule has 0 unspecified atom stereocenters. The number of nitrogens with one attached hydrogen (secondary N) is 1. The highest BCUT2D eigenvalue weighted by molar-refractivity contribution is 5.93. The monoisotopic (exact) mass is 353 g/mol. The SMILES string of the molecule is COc1cc(C)cc(CN=C(N)Nc2ccccc2OC(F)(F)F)c1. The Morgan fingerprint density at radius 3 is 2.60 bits per heavy atom. The van der Waals surface area contributed by atoms with E-state index in [2.05, 4.69) is 15.0 Å². The highest BCUT2D eigenvalue weighted by Gasteiger charge is 2.32. The second-order valence-corrected chi connectivity index (χ2v) is 5.23. The molecule has 3 N–H and O–H groups in total. The van der Waals surface area contributed by atoms with Gasteiger partial charge in [-0.2, -0.15) is 0 Å². The van der Waals surface area contributed by atoms with E-state index in [1.165, 1.54) is 18.2 Å². The van der Waals surface area contributed by atoms with Gasteiger partial charge in [0.15, 0.2) is 11.7 Å². The highest BCUT2D eigenvalue weighted by Crippen LogP contribution is 2.29. The van der Waals surface area contributed by atoms with Crippen molar-refractivity contribution in [3.05, 3.63) is 53.6 Å². The van der Waals surface area contributed by atoms with Gasteiger partial charge in [0.25, 0.3) is 0 Å². The number of rotatable bonds is 5. The van der Waals surface area contributed by atoms with Crippen LogP contribution in [-0.2, 0) is 6.54 Å². The van der Waals surface area contributed by atoms with E-state index in [0.717, 1.165) is 11.1 Å². The van der Waals surface area contributed by atoms with E-state index in [0.29, 0.717) is 5.75 Å². The quantitative estimate of drug-likeness (QED) is 0.633. The molecule has 2 rings (SSSR count). The summed E-state index contributed by atoms with van der Waals surface area (Å²) in [5, 5.41) is 2.62. The van der Waals surface area contributed by atoms with Crippen molar-refractivity contribution >= 4 is 11.6 Å². The van der Waals surface area contributed by atoms with Gasteiger partial charge in [-0.1, -0.05) is 18.2 Å². The number of halogens is 3. The molecule has 8 heteroatoms. The summed E-state index contributed by atoms with van der Waals surface area (Å²) < 4.78 is 46.4. The molecule has 0 bridgehead atoms. The number of nitrogens with two attached hydrogens (primary N) is 1. The van der Waals surface area contributed by atoms with Gasteiger partial charge >= 0.3 is 6.36 Å². The molecule has 2 aromatic carbocycles. The number of alkyl halides is 3. The van der Waals surface area contributed by atoms with E-state index in [1.54, 1.807) is 13.2 Å². The summed E-state index contributed by atoms with van der Waals surface area (Å²) in [5.74, 6) is 0.282. The summed E-state index contributed by atoms with van der Waals surface area (Å²) in [6.45, 7) is 2.17. The molecular formula is C17H18F3N3O2. The Morgan fingerprint density at radius 2 is 1.92 bits per heavy atom. The molecule has 2 aromatic rings. The Balaban J connectivity index is 2.11. The van der Waals surface area contributed by atoms with Crippen molar-refractivity contribution in [1.29, 1.82) is 0 Å². The number of aliphatic imine (C=N–C) groups is 1. The molecule has 134 valence electrons. The average molecular weight is 353 g/mol. The zero-order valence-electron chi connectivity index (χ0n) is 13.7. The zero-order valence-corrected chi connectivity index (χ0v) is 13.7. The van der Waals surface area contributed by atoms with E-state index in [9.17, 15) is 13.2 Å². The van der Waals surface area contributed by atoms with Gasteiger partial charge in [0.2, 0.25) is 0 Å². The van der Waals surface area contributed by atoms with Crippen LogP contribution in [-0.4, -0.2) is 19.4 Å². The van der Waals surface area contributed by atoms with Crippen molar-refractivity contribution < 1.29 is 22.6 Å². The Labute approximate surface area is 143 Å². The van der Waals surface area contributed by atoms with Crippen LogP contribution in [0.4, 0.5) is 18.9 Å². The van der Waals surface area contributed by atoms with Crippen LogP contribution in [0.1, 0.15) is 11.1 Å². The van der Waals surface area contributed by atoms with Crippen LogP contribution < -0.4 is 20.5 Å². The summed E-state index contributed by atoms with van der Waals surface area (Å²) in [4.78, 5) is 4.13. The number of anilines is 1. The Morgan fingerprint density at radius 1 is 1.20 bits per heavy atom. The summed E-state index contributed by atoms with van der Waals surface area (Å²) >= 11 is 0. The summed E-state index contributed by atoms with van der Waals surface area (Å²) in [7, 11) is 1.56. The van der Waals surface area contributed by atoms with Crippen LogP contribution >= 0.6 is 0 Å². The van der Waals surface area contributed by atoms with Gasteiger partial charge in [0, 0.05) is 0 Å². The van der Waals surface area contributed by atoms with Crippen molar-refractivity contribution in [2.24, 2.45) is 10.7 Å². The molecular weight excluding hydrogens is 335 g/mol. The zero-order chi connectivity index (χ0) is 18.4. The first-order valence-electron chi connectivity index (χ1n) is 7.33. The molecule has 0 aliphatic rings. The molecule has 5 nitrogen and oxygen atoms in total. The number of hydrogen-bond donors (Lipinski definition) is 2. The van der Waals surface area contributed by atoms with Crippen LogP contribution in [0.3, 0.4) is 0 Å². The summed E-state index contributed by atoms with van der Waals surface area (Å²) in [6.07, 6.45) is -4.79. The maximum absolute atomic E-state index is 12.4. The molecule has 0 spiro atoms. The molecule has 0 saturated carbocycles. The Hall–Kier alpha value is -2.90. The van der Waals surface area contributed by atoms with Crippen molar-refractivity contribution in [1.82, 2.24) is 0 Å². The highest BCUT2D eigenvalue weighted by atomic mass is 19.4. The fourth-order valence-corrected chi connectivity index (χ4v) is 2.17. The van der Waals surface area contributed by atoms with Crippen molar-refractivity contribution in [2.45, 2.75) is 19.8 Å².